The molecule has 1 aromatic heterocycles. The number of H-pyrrole nitrogens is 1. The largest absolute Gasteiger partial charge is 0.338 e. The number of carbonyl (C=O) groups is 1. The molecule has 0 radical (unpaired) electrons. The molecule has 1 heterocycles. The highest BCUT2D eigenvalue weighted by atomic mass is 32.2. The molecule has 0 atom stereocenters. The van der Waals surface area contributed by atoms with Crippen LogP contribution in [0, 0.1) is 0 Å². The number of hydrogen-bond donors (Lipinski definition) is 2. The summed E-state index contributed by atoms with van der Waals surface area (Å²) in [5.74, 6) is 0.468. The fourth-order valence-electron chi connectivity index (χ4n) is 3.06. The number of nitrogens with one attached hydrogen (secondary N) is 2. The summed E-state index contributed by atoms with van der Waals surface area (Å²) in [6.07, 6.45) is 1.18. The molecule has 0 saturated carbocycles. The molecule has 1 amide bonds. The zero-order valence-corrected chi connectivity index (χ0v) is 16.5. The molecule has 2 N–H and O–H groups in total. The van der Waals surface area contributed by atoms with E-state index in [1.807, 2.05) is 48.5 Å². The molecule has 0 bridgehead atoms. The Balaban J connectivity index is 1.46. The molecular weight excluding hydrogens is 386 g/mol. The molecule has 3 aromatic carbocycles. The summed E-state index contributed by atoms with van der Waals surface area (Å²) >= 11 is 0. The van der Waals surface area contributed by atoms with Crippen LogP contribution in [0.2, 0.25) is 0 Å². The van der Waals surface area contributed by atoms with Crippen LogP contribution in [0.5, 0.6) is 0 Å². The number of anilines is 1. The summed E-state index contributed by atoms with van der Waals surface area (Å²) < 4.78 is 22.7. The number of para-hydroxylation sites is 2. The number of amides is 1. The van der Waals surface area contributed by atoms with Gasteiger partial charge in [-0.15, -0.1) is 0 Å². The van der Waals surface area contributed by atoms with Crippen molar-refractivity contribution in [1.29, 1.82) is 0 Å². The number of hydrogen-bond acceptors (Lipinski definition) is 4. The van der Waals surface area contributed by atoms with E-state index < -0.39 is 9.84 Å². The number of carbonyl (C=O) groups excluding carboxylic acids is 1. The van der Waals surface area contributed by atoms with Crippen molar-refractivity contribution in [2.75, 3.05) is 11.6 Å². The Hall–Kier alpha value is -3.45. The first-order chi connectivity index (χ1) is 13.9. The fourth-order valence-corrected chi connectivity index (χ4v) is 3.86. The van der Waals surface area contributed by atoms with Gasteiger partial charge in [0.05, 0.1) is 16.8 Å². The highest BCUT2D eigenvalue weighted by molar-refractivity contribution is 7.89. The van der Waals surface area contributed by atoms with Gasteiger partial charge < -0.3 is 10.3 Å². The summed E-state index contributed by atoms with van der Waals surface area (Å²) in [4.78, 5) is 20.3. The van der Waals surface area contributed by atoms with Gasteiger partial charge in [0.2, 0.25) is 0 Å². The molecule has 7 heteroatoms. The lowest BCUT2D eigenvalue weighted by Gasteiger charge is -2.07. The molecule has 0 aliphatic rings. The number of benzene rings is 3. The lowest BCUT2D eigenvalue weighted by molar-refractivity contribution is 0.102. The van der Waals surface area contributed by atoms with Crippen molar-refractivity contribution in [2.45, 2.75) is 5.75 Å². The van der Waals surface area contributed by atoms with Crippen LogP contribution in [0.3, 0.4) is 0 Å². The quantitative estimate of drug-likeness (QED) is 0.524. The Morgan fingerprint density at radius 1 is 0.966 bits per heavy atom. The monoisotopic (exact) mass is 405 g/mol. The van der Waals surface area contributed by atoms with Gasteiger partial charge in [0.25, 0.3) is 5.91 Å². The molecule has 0 saturated heterocycles. The molecule has 4 aromatic rings. The Labute approximate surface area is 168 Å². The molecule has 0 aliphatic carbocycles. The van der Waals surface area contributed by atoms with Crippen LogP contribution >= 0.6 is 0 Å². The first-order valence-corrected chi connectivity index (χ1v) is 11.1. The number of fused-ring (bicyclic) bond motifs is 1. The van der Waals surface area contributed by atoms with Crippen LogP contribution in [0.25, 0.3) is 22.4 Å². The van der Waals surface area contributed by atoms with Crippen molar-refractivity contribution in [1.82, 2.24) is 9.97 Å². The van der Waals surface area contributed by atoms with E-state index in [4.69, 9.17) is 0 Å². The second-order valence-electron chi connectivity index (χ2n) is 6.90. The van der Waals surface area contributed by atoms with Crippen molar-refractivity contribution in [3.8, 4) is 11.4 Å². The molecule has 146 valence electrons. The molecule has 0 aliphatic heterocycles. The third kappa shape index (κ3) is 4.52. The molecular formula is C22H19N3O3S. The standard InChI is InChI=1S/C22H19N3O3S/c1-29(27,28)14-15-6-8-17(9-7-15)22(26)23-18-12-10-16(11-13-18)21-24-19-4-2-3-5-20(19)25-21/h2-13H,14H2,1H3,(H,23,26)(H,24,25). The van der Waals surface area contributed by atoms with Gasteiger partial charge in [-0.3, -0.25) is 4.79 Å². The van der Waals surface area contributed by atoms with Gasteiger partial charge in [-0.1, -0.05) is 24.3 Å². The first-order valence-electron chi connectivity index (χ1n) is 9.01. The van der Waals surface area contributed by atoms with Gasteiger partial charge in [0, 0.05) is 23.1 Å². The van der Waals surface area contributed by atoms with Gasteiger partial charge in [0.15, 0.2) is 9.84 Å². The minimum absolute atomic E-state index is 0.0435. The van der Waals surface area contributed by atoms with Gasteiger partial charge >= 0.3 is 0 Å². The van der Waals surface area contributed by atoms with Crippen LogP contribution in [0.4, 0.5) is 5.69 Å². The smallest absolute Gasteiger partial charge is 0.255 e. The maximum absolute atomic E-state index is 12.4. The van der Waals surface area contributed by atoms with Crippen molar-refractivity contribution < 1.29 is 13.2 Å². The number of imidazole rings is 1. The van der Waals surface area contributed by atoms with Crippen molar-refractivity contribution >= 4 is 32.5 Å². The van der Waals surface area contributed by atoms with Crippen molar-refractivity contribution in [2.24, 2.45) is 0 Å². The molecule has 0 fully saturated rings. The van der Waals surface area contributed by atoms with Gasteiger partial charge in [-0.2, -0.15) is 0 Å². The Kier molecular flexibility index (Phi) is 4.90. The second kappa shape index (κ2) is 7.52. The maximum atomic E-state index is 12.4. The lowest BCUT2D eigenvalue weighted by Crippen LogP contribution is -2.12. The van der Waals surface area contributed by atoms with E-state index in [0.29, 0.717) is 16.8 Å². The number of aromatic nitrogens is 2. The van der Waals surface area contributed by atoms with Crippen molar-refractivity contribution in [3.05, 3.63) is 83.9 Å². The van der Waals surface area contributed by atoms with Crippen LogP contribution in [-0.4, -0.2) is 30.5 Å². The number of rotatable bonds is 5. The van der Waals surface area contributed by atoms with E-state index in [9.17, 15) is 13.2 Å². The molecule has 29 heavy (non-hydrogen) atoms. The van der Waals surface area contributed by atoms with E-state index in [-0.39, 0.29) is 11.7 Å². The SMILES string of the molecule is CS(=O)(=O)Cc1ccc(C(=O)Nc2ccc(-c3nc4ccccc4[nH]3)cc2)cc1. The van der Waals surface area contributed by atoms with E-state index in [0.717, 1.165) is 22.4 Å². The molecule has 6 nitrogen and oxygen atoms in total. The van der Waals surface area contributed by atoms with Gasteiger partial charge in [-0.05, 0) is 54.1 Å². The van der Waals surface area contributed by atoms with Gasteiger partial charge in [0.1, 0.15) is 5.82 Å². The summed E-state index contributed by atoms with van der Waals surface area (Å²) in [6, 6.07) is 21.8. The number of sulfone groups is 1. The third-order valence-electron chi connectivity index (χ3n) is 4.45. The normalized spacial score (nSPS) is 11.5. The highest BCUT2D eigenvalue weighted by Crippen LogP contribution is 2.22. The predicted octanol–water partition coefficient (Wildman–Crippen LogP) is 4.03. The van der Waals surface area contributed by atoms with E-state index in [1.165, 1.54) is 6.26 Å². The predicted molar refractivity (Wildman–Crippen MR) is 114 cm³/mol. The Morgan fingerprint density at radius 3 is 2.31 bits per heavy atom. The number of nitrogens with zero attached hydrogens (tertiary/aromatic N) is 1. The van der Waals surface area contributed by atoms with E-state index in [2.05, 4.69) is 15.3 Å². The van der Waals surface area contributed by atoms with E-state index in [1.54, 1.807) is 24.3 Å². The highest BCUT2D eigenvalue weighted by Gasteiger charge is 2.09. The van der Waals surface area contributed by atoms with E-state index >= 15 is 0 Å². The van der Waals surface area contributed by atoms with Crippen molar-refractivity contribution in [3.63, 3.8) is 0 Å². The summed E-state index contributed by atoms with van der Waals surface area (Å²) in [7, 11) is -3.10. The number of aromatic amines is 1. The zero-order valence-electron chi connectivity index (χ0n) is 15.7. The molecule has 4 rings (SSSR count). The van der Waals surface area contributed by atoms with Gasteiger partial charge in [-0.25, -0.2) is 13.4 Å². The average Bonchev–Trinajstić information content (AvgIpc) is 3.12. The average molecular weight is 405 g/mol. The maximum Gasteiger partial charge on any atom is 0.255 e. The summed E-state index contributed by atoms with van der Waals surface area (Å²) in [6.45, 7) is 0. The Morgan fingerprint density at radius 2 is 1.66 bits per heavy atom. The third-order valence-corrected chi connectivity index (χ3v) is 5.31. The van der Waals surface area contributed by atoms with Crippen LogP contribution in [-0.2, 0) is 15.6 Å². The minimum Gasteiger partial charge on any atom is -0.338 e. The fraction of sp³-hybridized carbons (Fsp3) is 0.0909. The summed E-state index contributed by atoms with van der Waals surface area (Å²) in [5, 5.41) is 2.84. The minimum atomic E-state index is -3.10. The topological polar surface area (TPSA) is 91.9 Å². The first kappa shape index (κ1) is 18.9. The zero-order chi connectivity index (χ0) is 20.4. The molecule has 0 spiro atoms. The summed E-state index contributed by atoms with van der Waals surface area (Å²) in [5.41, 5.74) is 4.57. The lowest BCUT2D eigenvalue weighted by atomic mass is 10.1. The van der Waals surface area contributed by atoms with Crippen LogP contribution in [0.1, 0.15) is 15.9 Å². The molecule has 0 unspecified atom stereocenters. The van der Waals surface area contributed by atoms with Crippen LogP contribution in [0.15, 0.2) is 72.8 Å². The Bertz CT molecular complexity index is 1240. The second-order valence-corrected chi connectivity index (χ2v) is 9.04. The van der Waals surface area contributed by atoms with Crippen LogP contribution < -0.4 is 5.32 Å².